The van der Waals surface area contributed by atoms with Crippen LogP contribution < -0.4 is 4.90 Å². The first-order chi connectivity index (χ1) is 13.6. The number of carbonyl (C=O) groups excluding carboxylic acids is 1. The molecule has 28 heavy (non-hydrogen) atoms. The van der Waals surface area contributed by atoms with Crippen molar-refractivity contribution in [3.05, 3.63) is 34.4 Å². The van der Waals surface area contributed by atoms with Crippen LogP contribution >= 0.6 is 0 Å². The van der Waals surface area contributed by atoms with Gasteiger partial charge < -0.3 is 19.3 Å². The summed E-state index contributed by atoms with van der Waals surface area (Å²) in [7, 11) is 0. The summed E-state index contributed by atoms with van der Waals surface area (Å²) in [5, 5.41) is 11.3. The second-order valence-corrected chi connectivity index (χ2v) is 7.78. The SMILES string of the molecule is O=C(C1CCN(c2ccccc2[N+](=O)[O-])CC1)N1CCC(C2OCCO2)CC1. The molecule has 1 aromatic carbocycles. The molecule has 0 spiro atoms. The highest BCUT2D eigenvalue weighted by Crippen LogP contribution is 2.32. The van der Waals surface area contributed by atoms with Gasteiger partial charge in [-0.25, -0.2) is 0 Å². The summed E-state index contributed by atoms with van der Waals surface area (Å²) in [6, 6.07) is 6.83. The fourth-order valence-corrected chi connectivity index (χ4v) is 4.55. The Hall–Kier alpha value is -2.19. The van der Waals surface area contributed by atoms with Crippen LogP contribution in [0.5, 0.6) is 0 Å². The van der Waals surface area contributed by atoms with E-state index in [0.29, 0.717) is 37.9 Å². The molecule has 1 amide bonds. The molecule has 0 aromatic heterocycles. The van der Waals surface area contributed by atoms with Gasteiger partial charge in [-0.1, -0.05) is 12.1 Å². The number of hydrogen-bond acceptors (Lipinski definition) is 6. The number of ether oxygens (including phenoxy) is 2. The Kier molecular flexibility index (Phi) is 5.77. The number of nitro groups is 1. The smallest absolute Gasteiger partial charge is 0.292 e. The molecule has 152 valence electrons. The number of likely N-dealkylation sites (tertiary alicyclic amines) is 1. The highest BCUT2D eigenvalue weighted by atomic mass is 16.7. The van der Waals surface area contributed by atoms with E-state index < -0.39 is 0 Å². The van der Waals surface area contributed by atoms with E-state index in [-0.39, 0.29) is 28.7 Å². The molecule has 0 bridgehead atoms. The molecule has 3 aliphatic heterocycles. The van der Waals surface area contributed by atoms with Crippen molar-refractivity contribution in [2.45, 2.75) is 32.0 Å². The van der Waals surface area contributed by atoms with Gasteiger partial charge in [-0.05, 0) is 31.7 Å². The van der Waals surface area contributed by atoms with E-state index in [1.165, 1.54) is 6.07 Å². The van der Waals surface area contributed by atoms with Crippen LogP contribution in [0.4, 0.5) is 11.4 Å². The normalized spacial score (nSPS) is 22.6. The Balaban J connectivity index is 1.29. The van der Waals surface area contributed by atoms with E-state index in [1.807, 2.05) is 15.9 Å². The lowest BCUT2D eigenvalue weighted by molar-refractivity contribution is -0.384. The molecule has 3 fully saturated rings. The predicted molar refractivity (Wildman–Crippen MR) is 103 cm³/mol. The first-order valence-corrected chi connectivity index (χ1v) is 10.1. The highest BCUT2D eigenvalue weighted by molar-refractivity contribution is 5.79. The second kappa shape index (κ2) is 8.45. The van der Waals surface area contributed by atoms with Gasteiger partial charge in [-0.15, -0.1) is 0 Å². The summed E-state index contributed by atoms with van der Waals surface area (Å²) in [5.41, 5.74) is 0.779. The molecule has 3 aliphatic rings. The van der Waals surface area contributed by atoms with Crippen LogP contribution in [0, 0.1) is 22.0 Å². The van der Waals surface area contributed by atoms with Gasteiger partial charge in [-0.3, -0.25) is 14.9 Å². The molecule has 0 saturated carbocycles. The van der Waals surface area contributed by atoms with Gasteiger partial charge in [0, 0.05) is 44.1 Å². The van der Waals surface area contributed by atoms with Crippen LogP contribution in [0.2, 0.25) is 0 Å². The molecule has 0 N–H and O–H groups in total. The number of hydrogen-bond donors (Lipinski definition) is 0. The monoisotopic (exact) mass is 389 g/mol. The van der Waals surface area contributed by atoms with Gasteiger partial charge >= 0.3 is 0 Å². The van der Waals surface area contributed by atoms with Gasteiger partial charge in [0.25, 0.3) is 5.69 Å². The fraction of sp³-hybridized carbons (Fsp3) is 0.650. The van der Waals surface area contributed by atoms with Gasteiger partial charge in [0.2, 0.25) is 5.91 Å². The standard InChI is InChI=1S/C20H27N3O5/c24-19(22-11-7-16(8-12-22)20-27-13-14-28-20)15-5-9-21(10-6-15)17-3-1-2-4-18(17)23(25)26/h1-4,15-16,20H,5-14H2. The maximum Gasteiger partial charge on any atom is 0.292 e. The zero-order chi connectivity index (χ0) is 19.5. The average Bonchev–Trinajstić information content (AvgIpc) is 3.28. The minimum Gasteiger partial charge on any atom is -0.366 e. The third-order valence-electron chi connectivity index (χ3n) is 6.15. The molecule has 3 heterocycles. The average molecular weight is 389 g/mol. The molecule has 1 aromatic rings. The van der Waals surface area contributed by atoms with Crippen molar-refractivity contribution in [3.8, 4) is 0 Å². The Morgan fingerprint density at radius 1 is 1.00 bits per heavy atom. The quantitative estimate of drug-likeness (QED) is 0.581. The van der Waals surface area contributed by atoms with E-state index in [0.717, 1.165) is 38.8 Å². The molecule has 0 aliphatic carbocycles. The minimum absolute atomic E-state index is 0.00884. The summed E-state index contributed by atoms with van der Waals surface area (Å²) in [5.74, 6) is 0.621. The summed E-state index contributed by atoms with van der Waals surface area (Å²) in [6.07, 6.45) is 3.22. The summed E-state index contributed by atoms with van der Waals surface area (Å²) in [6.45, 7) is 4.20. The Bertz CT molecular complexity index is 706. The van der Waals surface area contributed by atoms with Crippen molar-refractivity contribution in [2.24, 2.45) is 11.8 Å². The molecule has 0 radical (unpaired) electrons. The number of benzene rings is 1. The Labute approximate surface area is 164 Å². The molecule has 3 saturated heterocycles. The molecular weight excluding hydrogens is 362 g/mol. The molecule has 4 rings (SSSR count). The molecule has 0 atom stereocenters. The number of nitrogens with zero attached hydrogens (tertiary/aromatic N) is 3. The van der Waals surface area contributed by atoms with Gasteiger partial charge in [0.1, 0.15) is 5.69 Å². The van der Waals surface area contributed by atoms with Crippen molar-refractivity contribution in [3.63, 3.8) is 0 Å². The summed E-state index contributed by atoms with van der Waals surface area (Å²) >= 11 is 0. The molecular formula is C20H27N3O5. The van der Waals surface area contributed by atoms with Crippen molar-refractivity contribution in [1.82, 2.24) is 4.90 Å². The number of anilines is 1. The van der Waals surface area contributed by atoms with Crippen molar-refractivity contribution >= 4 is 17.3 Å². The van der Waals surface area contributed by atoms with Gasteiger partial charge in [0.15, 0.2) is 6.29 Å². The van der Waals surface area contributed by atoms with Crippen LogP contribution in [-0.2, 0) is 14.3 Å². The van der Waals surface area contributed by atoms with E-state index >= 15 is 0 Å². The Morgan fingerprint density at radius 3 is 2.29 bits per heavy atom. The van der Waals surface area contributed by atoms with Gasteiger partial charge in [-0.2, -0.15) is 0 Å². The number of amides is 1. The number of rotatable bonds is 4. The number of carbonyl (C=O) groups is 1. The van der Waals surface area contributed by atoms with Crippen LogP contribution in [0.3, 0.4) is 0 Å². The molecule has 0 unspecified atom stereocenters. The van der Waals surface area contributed by atoms with E-state index in [4.69, 9.17) is 9.47 Å². The lowest BCUT2D eigenvalue weighted by atomic mass is 9.91. The van der Waals surface area contributed by atoms with Crippen LogP contribution in [0.15, 0.2) is 24.3 Å². The summed E-state index contributed by atoms with van der Waals surface area (Å²) in [4.78, 5) is 27.9. The second-order valence-electron chi connectivity index (χ2n) is 7.78. The molecule has 8 nitrogen and oxygen atoms in total. The number of nitro benzene ring substituents is 1. The first-order valence-electron chi connectivity index (χ1n) is 10.1. The first kappa shape index (κ1) is 19.1. The maximum absolute atomic E-state index is 12.9. The predicted octanol–water partition coefficient (Wildman–Crippen LogP) is 2.42. The number of para-hydroxylation sites is 2. The fourth-order valence-electron chi connectivity index (χ4n) is 4.55. The minimum atomic E-state index is -0.339. The van der Waals surface area contributed by atoms with Crippen molar-refractivity contribution in [1.29, 1.82) is 0 Å². The van der Waals surface area contributed by atoms with Crippen LogP contribution in [-0.4, -0.2) is 61.4 Å². The third-order valence-corrected chi connectivity index (χ3v) is 6.15. The largest absolute Gasteiger partial charge is 0.366 e. The topological polar surface area (TPSA) is 85.2 Å². The van der Waals surface area contributed by atoms with Crippen LogP contribution in [0.1, 0.15) is 25.7 Å². The lowest BCUT2D eigenvalue weighted by Gasteiger charge is -2.38. The van der Waals surface area contributed by atoms with Crippen LogP contribution in [0.25, 0.3) is 0 Å². The van der Waals surface area contributed by atoms with E-state index in [1.54, 1.807) is 12.1 Å². The third kappa shape index (κ3) is 3.98. The molecule has 8 heteroatoms. The zero-order valence-corrected chi connectivity index (χ0v) is 16.0. The summed E-state index contributed by atoms with van der Waals surface area (Å²) < 4.78 is 11.2. The maximum atomic E-state index is 12.9. The highest BCUT2D eigenvalue weighted by Gasteiger charge is 2.35. The van der Waals surface area contributed by atoms with Gasteiger partial charge in [0.05, 0.1) is 18.1 Å². The van der Waals surface area contributed by atoms with Crippen molar-refractivity contribution < 1.29 is 19.2 Å². The van der Waals surface area contributed by atoms with Crippen molar-refractivity contribution in [2.75, 3.05) is 44.3 Å². The number of piperidine rings is 2. The Morgan fingerprint density at radius 2 is 1.64 bits per heavy atom. The van der Waals surface area contributed by atoms with E-state index in [9.17, 15) is 14.9 Å². The van der Waals surface area contributed by atoms with E-state index in [2.05, 4.69) is 0 Å². The lowest BCUT2D eigenvalue weighted by Crippen LogP contribution is -2.46. The zero-order valence-electron chi connectivity index (χ0n) is 16.0.